The first kappa shape index (κ1) is 17.7. The van der Waals surface area contributed by atoms with Crippen LogP contribution in [-0.2, 0) is 0 Å². The molecule has 130 valence electrons. The molecule has 0 saturated heterocycles. The minimum atomic E-state index is 0.0911. The zero-order chi connectivity index (χ0) is 18.8. The smallest absolute Gasteiger partial charge is 0.224 e. The number of nitrogens with two attached hydrogens (primary N) is 1. The molecule has 0 aliphatic heterocycles. The van der Waals surface area contributed by atoms with Gasteiger partial charge in [-0.3, -0.25) is 0 Å². The van der Waals surface area contributed by atoms with Gasteiger partial charge >= 0.3 is 0 Å². The largest absolute Gasteiger partial charge is 0.496 e. The number of hydrogen-bond donors (Lipinski definition) is 1. The maximum atomic E-state index is 8.73. The normalized spacial score (nSPS) is 11.0. The summed E-state index contributed by atoms with van der Waals surface area (Å²) in [6.07, 6.45) is 3.25. The average molecular weight is 365 g/mol. The van der Waals surface area contributed by atoms with E-state index in [1.165, 1.54) is 6.08 Å². The number of nitrogens with zero attached hydrogens (tertiary/aromatic N) is 3. The van der Waals surface area contributed by atoms with Gasteiger partial charge in [0.15, 0.2) is 0 Å². The summed E-state index contributed by atoms with van der Waals surface area (Å²) in [4.78, 5) is 8.46. The zero-order valence-corrected chi connectivity index (χ0v) is 15.4. The first-order valence-electron chi connectivity index (χ1n) is 7.93. The van der Waals surface area contributed by atoms with E-state index in [-0.39, 0.29) is 11.1 Å². The van der Waals surface area contributed by atoms with Gasteiger partial charge in [-0.05, 0) is 65.9 Å². The number of hydrogen-bond acceptors (Lipinski definition) is 5. The fraction of sp³-hybridized carbons (Fsp3) is 0.150. The van der Waals surface area contributed by atoms with Gasteiger partial charge in [-0.25, -0.2) is 9.97 Å². The van der Waals surface area contributed by atoms with Crippen molar-refractivity contribution >= 4 is 34.4 Å². The van der Waals surface area contributed by atoms with E-state index in [2.05, 4.69) is 9.97 Å². The van der Waals surface area contributed by atoms with E-state index in [0.29, 0.717) is 16.7 Å². The Morgan fingerprint density at radius 2 is 1.88 bits per heavy atom. The van der Waals surface area contributed by atoms with E-state index in [9.17, 15) is 0 Å². The molecule has 1 heterocycles. The lowest BCUT2D eigenvalue weighted by molar-refractivity contribution is 0.420. The van der Waals surface area contributed by atoms with Gasteiger partial charge in [0.2, 0.25) is 5.28 Å². The second-order valence-corrected chi connectivity index (χ2v) is 6.25. The lowest BCUT2D eigenvalue weighted by Gasteiger charge is -2.16. The standard InChI is InChI=1S/C20H17ClN4O/c1-11-9-13(5-4-8-22)10-12(2)16(11)14-6-7-15(26-3)17-18(14)24-20(21)25-19(17)23/h4-7,9-10H,1-3H3,(H2,23,24,25)/b5-4+. The number of benzene rings is 2. The number of allylic oxidation sites excluding steroid dienone is 1. The van der Waals surface area contributed by atoms with Crippen molar-refractivity contribution in [3.8, 4) is 22.9 Å². The van der Waals surface area contributed by atoms with Crippen LogP contribution in [0.25, 0.3) is 28.1 Å². The molecule has 6 heteroatoms. The van der Waals surface area contributed by atoms with Gasteiger partial charge < -0.3 is 10.5 Å². The summed E-state index contributed by atoms with van der Waals surface area (Å²) in [5.41, 5.74) is 11.8. The van der Waals surface area contributed by atoms with E-state index in [4.69, 9.17) is 27.3 Å². The molecule has 0 radical (unpaired) electrons. The van der Waals surface area contributed by atoms with Crippen molar-refractivity contribution in [2.75, 3.05) is 12.8 Å². The number of ether oxygens (including phenoxy) is 1. The van der Waals surface area contributed by atoms with E-state index in [1.807, 2.05) is 44.2 Å². The molecule has 1 aromatic heterocycles. The molecule has 26 heavy (non-hydrogen) atoms. The Morgan fingerprint density at radius 1 is 1.19 bits per heavy atom. The number of anilines is 1. The number of nitriles is 1. The van der Waals surface area contributed by atoms with E-state index < -0.39 is 0 Å². The highest BCUT2D eigenvalue weighted by atomic mass is 35.5. The summed E-state index contributed by atoms with van der Waals surface area (Å²) in [5, 5.41) is 9.46. The van der Waals surface area contributed by atoms with Crippen molar-refractivity contribution < 1.29 is 4.74 Å². The number of nitrogen functional groups attached to an aromatic ring is 1. The fourth-order valence-electron chi connectivity index (χ4n) is 3.23. The molecular weight excluding hydrogens is 348 g/mol. The summed E-state index contributed by atoms with van der Waals surface area (Å²) in [6.45, 7) is 4.04. The van der Waals surface area contributed by atoms with Crippen LogP contribution in [0.15, 0.2) is 30.3 Å². The molecule has 2 aromatic carbocycles. The molecule has 2 N–H and O–H groups in total. The Hall–Kier alpha value is -3.10. The summed E-state index contributed by atoms with van der Waals surface area (Å²) in [7, 11) is 1.58. The van der Waals surface area contributed by atoms with E-state index in [1.54, 1.807) is 13.2 Å². The van der Waals surface area contributed by atoms with Crippen LogP contribution in [0.2, 0.25) is 5.28 Å². The van der Waals surface area contributed by atoms with Gasteiger partial charge in [-0.15, -0.1) is 0 Å². The van der Waals surface area contributed by atoms with Gasteiger partial charge in [-0.1, -0.05) is 12.1 Å². The molecule has 5 nitrogen and oxygen atoms in total. The minimum Gasteiger partial charge on any atom is -0.496 e. The first-order valence-corrected chi connectivity index (χ1v) is 8.31. The predicted molar refractivity (Wildman–Crippen MR) is 105 cm³/mol. The maximum Gasteiger partial charge on any atom is 0.224 e. The highest BCUT2D eigenvalue weighted by Gasteiger charge is 2.17. The van der Waals surface area contributed by atoms with Crippen LogP contribution in [0.3, 0.4) is 0 Å². The minimum absolute atomic E-state index is 0.0911. The summed E-state index contributed by atoms with van der Waals surface area (Å²) < 4.78 is 5.42. The van der Waals surface area contributed by atoms with Crippen molar-refractivity contribution in [3.05, 3.63) is 52.3 Å². The maximum absolute atomic E-state index is 8.73. The first-order chi connectivity index (χ1) is 12.5. The molecule has 0 unspecified atom stereocenters. The quantitative estimate of drug-likeness (QED) is 0.538. The number of aromatic nitrogens is 2. The molecule has 0 fully saturated rings. The van der Waals surface area contributed by atoms with Crippen LogP contribution in [0, 0.1) is 25.2 Å². The molecule has 3 aromatic rings. The monoisotopic (exact) mass is 364 g/mol. The van der Waals surface area contributed by atoms with Crippen molar-refractivity contribution in [2.24, 2.45) is 0 Å². The summed E-state index contributed by atoms with van der Waals surface area (Å²) >= 11 is 6.06. The molecule has 0 amide bonds. The Kier molecular flexibility index (Phi) is 4.79. The summed E-state index contributed by atoms with van der Waals surface area (Å²) in [5.74, 6) is 0.879. The van der Waals surface area contributed by atoms with Gasteiger partial charge in [0.25, 0.3) is 0 Å². The van der Waals surface area contributed by atoms with Gasteiger partial charge in [-0.2, -0.15) is 5.26 Å². The fourth-order valence-corrected chi connectivity index (χ4v) is 3.41. The molecule has 0 saturated carbocycles. The van der Waals surface area contributed by atoms with Crippen LogP contribution < -0.4 is 10.5 Å². The number of methoxy groups -OCH3 is 1. The van der Waals surface area contributed by atoms with Crippen LogP contribution >= 0.6 is 11.6 Å². The Labute approximate surface area is 156 Å². The molecular formula is C20H17ClN4O. The number of rotatable bonds is 3. The number of aryl methyl sites for hydroxylation is 2. The summed E-state index contributed by atoms with van der Waals surface area (Å²) in [6, 6.07) is 9.87. The third kappa shape index (κ3) is 3.07. The van der Waals surface area contributed by atoms with Gasteiger partial charge in [0.1, 0.15) is 11.6 Å². The second kappa shape index (κ2) is 7.03. The average Bonchev–Trinajstić information content (AvgIpc) is 2.59. The molecule has 0 aliphatic carbocycles. The van der Waals surface area contributed by atoms with Crippen LogP contribution in [0.5, 0.6) is 5.75 Å². The van der Waals surface area contributed by atoms with Crippen molar-refractivity contribution in [2.45, 2.75) is 13.8 Å². The van der Waals surface area contributed by atoms with Crippen LogP contribution in [0.4, 0.5) is 5.82 Å². The Morgan fingerprint density at radius 3 is 2.50 bits per heavy atom. The number of fused-ring (bicyclic) bond motifs is 1. The highest BCUT2D eigenvalue weighted by molar-refractivity contribution is 6.29. The predicted octanol–water partition coefficient (Wildman–Crippen LogP) is 4.69. The van der Waals surface area contributed by atoms with Crippen molar-refractivity contribution in [1.29, 1.82) is 5.26 Å². The highest BCUT2D eigenvalue weighted by Crippen LogP contribution is 2.39. The Bertz CT molecular complexity index is 1060. The topological polar surface area (TPSA) is 84.8 Å². The second-order valence-electron chi connectivity index (χ2n) is 5.91. The van der Waals surface area contributed by atoms with Gasteiger partial charge in [0.05, 0.1) is 24.1 Å². The third-order valence-electron chi connectivity index (χ3n) is 4.21. The lowest BCUT2D eigenvalue weighted by atomic mass is 9.92. The van der Waals surface area contributed by atoms with Crippen LogP contribution in [0.1, 0.15) is 16.7 Å². The Balaban J connectivity index is 2.34. The van der Waals surface area contributed by atoms with Crippen LogP contribution in [-0.4, -0.2) is 17.1 Å². The van der Waals surface area contributed by atoms with Crippen molar-refractivity contribution in [1.82, 2.24) is 9.97 Å². The number of halogens is 1. The lowest BCUT2D eigenvalue weighted by Crippen LogP contribution is -2.00. The molecule has 0 spiro atoms. The third-order valence-corrected chi connectivity index (χ3v) is 4.38. The SMILES string of the molecule is COc1ccc(-c2c(C)cc(/C=C/C#N)cc2C)c2nc(Cl)nc(N)c12. The van der Waals surface area contributed by atoms with E-state index in [0.717, 1.165) is 27.8 Å². The molecule has 0 bridgehead atoms. The molecule has 0 aliphatic rings. The molecule has 0 atom stereocenters. The molecule has 3 rings (SSSR count). The van der Waals surface area contributed by atoms with Crippen molar-refractivity contribution in [3.63, 3.8) is 0 Å². The van der Waals surface area contributed by atoms with Gasteiger partial charge in [0, 0.05) is 11.6 Å². The van der Waals surface area contributed by atoms with E-state index >= 15 is 0 Å². The zero-order valence-electron chi connectivity index (χ0n) is 14.7.